The lowest BCUT2D eigenvalue weighted by Gasteiger charge is -2.19. The van der Waals surface area contributed by atoms with Gasteiger partial charge in [-0.3, -0.25) is 0 Å². The maximum absolute atomic E-state index is 12.0. The van der Waals surface area contributed by atoms with Gasteiger partial charge in [-0.15, -0.1) is 0 Å². The van der Waals surface area contributed by atoms with Crippen molar-refractivity contribution < 1.29 is 13.2 Å². The lowest BCUT2D eigenvalue weighted by Crippen LogP contribution is -2.18. The van der Waals surface area contributed by atoms with Crippen LogP contribution >= 0.6 is 0 Å². The van der Waals surface area contributed by atoms with Gasteiger partial charge in [0, 0.05) is 6.54 Å². The molecule has 5 nitrogen and oxygen atoms in total. The monoisotopic (exact) mass is 256 g/mol. The number of nitrogens with two attached hydrogens (primary N) is 1. The Labute approximate surface area is 101 Å². The van der Waals surface area contributed by atoms with Crippen molar-refractivity contribution in [1.29, 1.82) is 0 Å². The van der Waals surface area contributed by atoms with Gasteiger partial charge >= 0.3 is 0 Å². The zero-order valence-corrected chi connectivity index (χ0v) is 10.3. The number of hydrogen-bond donors (Lipinski definition) is 2. The van der Waals surface area contributed by atoms with Crippen LogP contribution in [-0.4, -0.2) is 33.9 Å². The molecule has 0 unspecified atom stereocenters. The van der Waals surface area contributed by atoms with Crippen LogP contribution < -0.4 is 15.8 Å². The maximum atomic E-state index is 12.0. The number of ether oxygens (including phenoxy) is 1. The van der Waals surface area contributed by atoms with Gasteiger partial charge in [-0.2, -0.15) is 0 Å². The fraction of sp³-hybridized carbons (Fsp3) is 0.455. The number of fused-ring (bicyclic) bond motifs is 1. The highest BCUT2D eigenvalue weighted by molar-refractivity contribution is 7.91. The topological polar surface area (TPSA) is 81.4 Å². The van der Waals surface area contributed by atoms with Crippen molar-refractivity contribution >= 4 is 15.5 Å². The second-order valence-corrected chi connectivity index (χ2v) is 6.00. The maximum Gasteiger partial charge on any atom is 0.178 e. The van der Waals surface area contributed by atoms with E-state index in [-0.39, 0.29) is 5.75 Å². The van der Waals surface area contributed by atoms with Gasteiger partial charge in [0.15, 0.2) is 9.84 Å². The molecule has 1 heterocycles. The third-order valence-corrected chi connectivity index (χ3v) is 4.40. The average molecular weight is 256 g/mol. The minimum Gasteiger partial charge on any atom is -0.490 e. The summed E-state index contributed by atoms with van der Waals surface area (Å²) in [4.78, 5) is 0.322. The largest absolute Gasteiger partial charge is 0.490 e. The van der Waals surface area contributed by atoms with Crippen molar-refractivity contribution in [2.75, 3.05) is 30.8 Å². The lowest BCUT2D eigenvalue weighted by atomic mass is 10.2. The number of nitrogens with one attached hydrogen (secondary N) is 1. The van der Waals surface area contributed by atoms with Crippen LogP contribution in [0.1, 0.15) is 6.42 Å². The van der Waals surface area contributed by atoms with Gasteiger partial charge in [0.05, 0.1) is 16.3 Å². The number of rotatable bonds is 4. The van der Waals surface area contributed by atoms with E-state index in [0.29, 0.717) is 36.8 Å². The van der Waals surface area contributed by atoms with Gasteiger partial charge in [0.1, 0.15) is 12.4 Å². The molecule has 0 aliphatic carbocycles. The lowest BCUT2D eigenvalue weighted by molar-refractivity contribution is 0.323. The van der Waals surface area contributed by atoms with Crippen LogP contribution in [0.4, 0.5) is 5.69 Å². The standard InChI is InChI=1S/C11H16N2O3S/c12-4-1-7-17(14,15)9-2-3-11-10(8-9)13-5-6-16-11/h2-3,8,13H,1,4-7,12H2. The molecule has 1 aliphatic heterocycles. The molecule has 2 rings (SSSR count). The van der Waals surface area contributed by atoms with Crippen LogP contribution in [-0.2, 0) is 9.84 Å². The third-order valence-electron chi connectivity index (χ3n) is 2.60. The fourth-order valence-corrected chi connectivity index (χ4v) is 3.06. The Morgan fingerprint density at radius 3 is 3.00 bits per heavy atom. The Hall–Kier alpha value is -1.27. The normalized spacial score (nSPS) is 14.6. The molecule has 1 aromatic carbocycles. The minimum absolute atomic E-state index is 0.0865. The first-order chi connectivity index (χ1) is 8.13. The zero-order valence-electron chi connectivity index (χ0n) is 9.48. The van der Waals surface area contributed by atoms with Crippen molar-refractivity contribution in [1.82, 2.24) is 0 Å². The van der Waals surface area contributed by atoms with Gasteiger partial charge < -0.3 is 15.8 Å². The molecule has 17 heavy (non-hydrogen) atoms. The van der Waals surface area contributed by atoms with E-state index in [4.69, 9.17) is 10.5 Å². The number of anilines is 1. The molecule has 0 saturated carbocycles. The zero-order chi connectivity index (χ0) is 12.3. The Kier molecular flexibility index (Phi) is 3.54. The molecule has 1 aromatic rings. The molecule has 0 bridgehead atoms. The quantitative estimate of drug-likeness (QED) is 0.825. The van der Waals surface area contributed by atoms with Crippen LogP contribution in [0, 0.1) is 0 Å². The van der Waals surface area contributed by atoms with E-state index < -0.39 is 9.84 Å². The summed E-state index contributed by atoms with van der Waals surface area (Å²) in [5.41, 5.74) is 6.07. The highest BCUT2D eigenvalue weighted by Gasteiger charge is 2.17. The van der Waals surface area contributed by atoms with E-state index in [1.54, 1.807) is 18.2 Å². The predicted molar refractivity (Wildman–Crippen MR) is 66.2 cm³/mol. The highest BCUT2D eigenvalue weighted by atomic mass is 32.2. The molecule has 0 saturated heterocycles. The van der Waals surface area contributed by atoms with Crippen molar-refractivity contribution in [3.05, 3.63) is 18.2 Å². The fourth-order valence-electron chi connectivity index (χ4n) is 1.70. The van der Waals surface area contributed by atoms with Gasteiger partial charge in [-0.05, 0) is 31.2 Å². The van der Waals surface area contributed by atoms with Gasteiger partial charge in [0.25, 0.3) is 0 Å². The van der Waals surface area contributed by atoms with Crippen molar-refractivity contribution in [3.8, 4) is 5.75 Å². The van der Waals surface area contributed by atoms with Crippen LogP contribution in [0.5, 0.6) is 5.75 Å². The van der Waals surface area contributed by atoms with Crippen LogP contribution in [0.3, 0.4) is 0 Å². The first-order valence-corrected chi connectivity index (χ1v) is 7.22. The molecule has 0 spiro atoms. The Balaban J connectivity index is 2.27. The van der Waals surface area contributed by atoms with Gasteiger partial charge in [0.2, 0.25) is 0 Å². The Bertz CT molecular complexity index is 499. The SMILES string of the molecule is NCCCS(=O)(=O)c1ccc2c(c1)NCCO2. The average Bonchev–Trinajstić information content (AvgIpc) is 2.36. The van der Waals surface area contributed by atoms with Crippen LogP contribution in [0.2, 0.25) is 0 Å². The van der Waals surface area contributed by atoms with Crippen molar-refractivity contribution in [2.24, 2.45) is 5.73 Å². The van der Waals surface area contributed by atoms with E-state index in [1.165, 1.54) is 0 Å². The third kappa shape index (κ3) is 2.70. The van der Waals surface area contributed by atoms with Gasteiger partial charge in [-0.1, -0.05) is 0 Å². The summed E-state index contributed by atoms with van der Waals surface area (Å²) in [5.74, 6) is 0.789. The smallest absolute Gasteiger partial charge is 0.178 e. The molecule has 0 amide bonds. The highest BCUT2D eigenvalue weighted by Crippen LogP contribution is 2.30. The van der Waals surface area contributed by atoms with E-state index >= 15 is 0 Å². The molecular weight excluding hydrogens is 240 g/mol. The second-order valence-electron chi connectivity index (χ2n) is 3.89. The summed E-state index contributed by atoms with van der Waals surface area (Å²) >= 11 is 0. The van der Waals surface area contributed by atoms with Crippen molar-refractivity contribution in [2.45, 2.75) is 11.3 Å². The summed E-state index contributed by atoms with van der Waals surface area (Å²) in [7, 11) is -3.23. The first kappa shape index (κ1) is 12.2. The predicted octanol–water partition coefficient (Wildman–Crippen LogP) is 0.613. The molecule has 0 atom stereocenters. The molecule has 0 fully saturated rings. The molecule has 0 aromatic heterocycles. The molecule has 6 heteroatoms. The minimum atomic E-state index is -3.23. The summed E-state index contributed by atoms with van der Waals surface area (Å²) in [5, 5.41) is 3.12. The molecular formula is C11H16N2O3S. The van der Waals surface area contributed by atoms with Crippen LogP contribution in [0.25, 0.3) is 0 Å². The van der Waals surface area contributed by atoms with Gasteiger partial charge in [-0.25, -0.2) is 8.42 Å². The number of benzene rings is 1. The van der Waals surface area contributed by atoms with Crippen molar-refractivity contribution in [3.63, 3.8) is 0 Å². The van der Waals surface area contributed by atoms with E-state index in [1.807, 2.05) is 0 Å². The van der Waals surface area contributed by atoms with E-state index in [0.717, 1.165) is 5.69 Å². The molecule has 1 aliphatic rings. The second kappa shape index (κ2) is 4.93. The molecule has 0 radical (unpaired) electrons. The number of sulfone groups is 1. The summed E-state index contributed by atoms with van der Waals surface area (Å²) in [6, 6.07) is 4.90. The Morgan fingerprint density at radius 2 is 2.24 bits per heavy atom. The summed E-state index contributed by atoms with van der Waals surface area (Å²) in [6.07, 6.45) is 0.476. The van der Waals surface area contributed by atoms with E-state index in [9.17, 15) is 8.42 Å². The first-order valence-electron chi connectivity index (χ1n) is 5.57. The summed E-state index contributed by atoms with van der Waals surface area (Å²) in [6.45, 7) is 1.68. The molecule has 3 N–H and O–H groups in total. The number of hydrogen-bond acceptors (Lipinski definition) is 5. The Morgan fingerprint density at radius 1 is 1.41 bits per heavy atom. The van der Waals surface area contributed by atoms with Crippen LogP contribution in [0.15, 0.2) is 23.1 Å². The van der Waals surface area contributed by atoms with E-state index in [2.05, 4.69) is 5.32 Å². The molecule has 94 valence electrons. The summed E-state index contributed by atoms with van der Waals surface area (Å²) < 4.78 is 29.3.